The Morgan fingerprint density at radius 1 is 1.45 bits per heavy atom. The number of amides is 1. The molecule has 2 N–H and O–H groups in total. The third-order valence-electron chi connectivity index (χ3n) is 3.47. The maximum Gasteiger partial charge on any atom is 0.329 e. The van der Waals surface area contributed by atoms with Gasteiger partial charge in [0.2, 0.25) is 0 Å². The Labute approximate surface area is 118 Å². The highest BCUT2D eigenvalue weighted by molar-refractivity contribution is 7.13. The summed E-state index contributed by atoms with van der Waals surface area (Å²) in [5, 5.41) is 14.1. The molecular weight excluding hydrogens is 280 g/mol. The van der Waals surface area contributed by atoms with E-state index in [1.54, 1.807) is 17.7 Å². The second-order valence-electron chi connectivity index (χ2n) is 4.74. The van der Waals surface area contributed by atoms with Crippen molar-refractivity contribution in [3.8, 4) is 10.6 Å². The SMILES string of the molecule is O=C(NC1(C(=O)O)CCC1)c1csc(-c2ccoc2)n1. The first kappa shape index (κ1) is 12.9. The summed E-state index contributed by atoms with van der Waals surface area (Å²) in [5.41, 5.74) is -0.0828. The van der Waals surface area contributed by atoms with Crippen molar-refractivity contribution in [3.05, 3.63) is 29.7 Å². The lowest BCUT2D eigenvalue weighted by atomic mass is 9.76. The van der Waals surface area contributed by atoms with Gasteiger partial charge in [-0.25, -0.2) is 9.78 Å². The van der Waals surface area contributed by atoms with Crippen LogP contribution in [-0.2, 0) is 4.79 Å². The van der Waals surface area contributed by atoms with E-state index >= 15 is 0 Å². The molecule has 1 saturated carbocycles. The molecule has 2 aromatic rings. The Bertz CT molecular complexity index is 643. The number of rotatable bonds is 4. The van der Waals surface area contributed by atoms with Gasteiger partial charge in [0.15, 0.2) is 0 Å². The number of carbonyl (C=O) groups excluding carboxylic acids is 1. The average Bonchev–Trinajstić information content (AvgIpc) is 3.01. The van der Waals surface area contributed by atoms with Crippen LogP contribution in [0, 0.1) is 0 Å². The maximum absolute atomic E-state index is 12.1. The van der Waals surface area contributed by atoms with Crippen LogP contribution in [0.3, 0.4) is 0 Å². The molecule has 1 amide bonds. The first-order valence-corrected chi connectivity index (χ1v) is 7.03. The number of carboxylic acids is 1. The number of carboxylic acid groups (broad SMARTS) is 1. The van der Waals surface area contributed by atoms with E-state index in [0.29, 0.717) is 17.8 Å². The van der Waals surface area contributed by atoms with Gasteiger partial charge < -0.3 is 14.8 Å². The minimum Gasteiger partial charge on any atom is -0.480 e. The molecule has 0 spiro atoms. The van der Waals surface area contributed by atoms with Gasteiger partial charge in [-0.1, -0.05) is 0 Å². The van der Waals surface area contributed by atoms with E-state index in [1.165, 1.54) is 17.6 Å². The summed E-state index contributed by atoms with van der Waals surface area (Å²) in [4.78, 5) is 27.5. The van der Waals surface area contributed by atoms with Crippen LogP contribution in [0.5, 0.6) is 0 Å². The fourth-order valence-electron chi connectivity index (χ4n) is 2.10. The molecule has 0 saturated heterocycles. The van der Waals surface area contributed by atoms with E-state index in [9.17, 15) is 14.7 Å². The number of carbonyl (C=O) groups is 2. The van der Waals surface area contributed by atoms with Crippen LogP contribution in [0.25, 0.3) is 10.6 Å². The second-order valence-corrected chi connectivity index (χ2v) is 5.60. The lowest BCUT2D eigenvalue weighted by molar-refractivity contribution is -0.148. The van der Waals surface area contributed by atoms with Crippen LogP contribution in [0.4, 0.5) is 0 Å². The fourth-order valence-corrected chi connectivity index (χ4v) is 2.89. The molecule has 3 rings (SSSR count). The summed E-state index contributed by atoms with van der Waals surface area (Å²) >= 11 is 1.32. The van der Waals surface area contributed by atoms with Crippen LogP contribution >= 0.6 is 11.3 Å². The fraction of sp³-hybridized carbons (Fsp3) is 0.308. The molecule has 104 valence electrons. The van der Waals surface area contributed by atoms with Crippen molar-refractivity contribution in [2.24, 2.45) is 0 Å². The number of furan rings is 1. The smallest absolute Gasteiger partial charge is 0.329 e. The van der Waals surface area contributed by atoms with Crippen molar-refractivity contribution < 1.29 is 19.1 Å². The molecule has 2 aromatic heterocycles. The van der Waals surface area contributed by atoms with Crippen molar-refractivity contribution in [1.82, 2.24) is 10.3 Å². The molecule has 1 fully saturated rings. The van der Waals surface area contributed by atoms with E-state index in [2.05, 4.69) is 10.3 Å². The molecule has 0 atom stereocenters. The number of hydrogen-bond donors (Lipinski definition) is 2. The van der Waals surface area contributed by atoms with Gasteiger partial charge in [-0.15, -0.1) is 11.3 Å². The van der Waals surface area contributed by atoms with Crippen LogP contribution in [-0.4, -0.2) is 27.5 Å². The third kappa shape index (κ3) is 2.09. The Morgan fingerprint density at radius 2 is 2.25 bits per heavy atom. The van der Waals surface area contributed by atoms with E-state index in [4.69, 9.17) is 4.42 Å². The van der Waals surface area contributed by atoms with Crippen molar-refractivity contribution >= 4 is 23.2 Å². The lowest BCUT2D eigenvalue weighted by Gasteiger charge is -2.37. The molecule has 1 aliphatic rings. The number of thiazole rings is 1. The van der Waals surface area contributed by atoms with E-state index in [1.807, 2.05) is 0 Å². The maximum atomic E-state index is 12.1. The average molecular weight is 292 g/mol. The Balaban J connectivity index is 1.76. The number of nitrogens with zero attached hydrogens (tertiary/aromatic N) is 1. The first-order chi connectivity index (χ1) is 9.61. The molecule has 0 radical (unpaired) electrons. The molecule has 0 unspecified atom stereocenters. The first-order valence-electron chi connectivity index (χ1n) is 6.15. The van der Waals surface area contributed by atoms with Crippen molar-refractivity contribution in [2.45, 2.75) is 24.8 Å². The van der Waals surface area contributed by atoms with Gasteiger partial charge in [-0.2, -0.15) is 0 Å². The predicted molar refractivity (Wildman–Crippen MR) is 71.5 cm³/mol. The minimum absolute atomic E-state index is 0.235. The summed E-state index contributed by atoms with van der Waals surface area (Å²) < 4.78 is 4.97. The molecule has 2 heterocycles. The molecule has 6 nitrogen and oxygen atoms in total. The number of aliphatic carboxylic acids is 1. The largest absolute Gasteiger partial charge is 0.480 e. The zero-order chi connectivity index (χ0) is 14.2. The molecule has 0 aliphatic heterocycles. The molecule has 20 heavy (non-hydrogen) atoms. The zero-order valence-electron chi connectivity index (χ0n) is 10.5. The highest BCUT2D eigenvalue weighted by Crippen LogP contribution is 2.32. The Hall–Kier alpha value is -2.15. The van der Waals surface area contributed by atoms with Crippen LogP contribution in [0.1, 0.15) is 29.8 Å². The van der Waals surface area contributed by atoms with Gasteiger partial charge in [0.1, 0.15) is 22.5 Å². The zero-order valence-corrected chi connectivity index (χ0v) is 11.3. The highest BCUT2D eigenvalue weighted by atomic mass is 32.1. The molecular formula is C13H12N2O4S. The third-order valence-corrected chi connectivity index (χ3v) is 4.37. The number of aromatic nitrogens is 1. The van der Waals surface area contributed by atoms with E-state index < -0.39 is 17.4 Å². The molecule has 1 aliphatic carbocycles. The van der Waals surface area contributed by atoms with Gasteiger partial charge in [0.25, 0.3) is 5.91 Å². The van der Waals surface area contributed by atoms with Gasteiger partial charge in [-0.3, -0.25) is 4.79 Å². The number of hydrogen-bond acceptors (Lipinski definition) is 5. The van der Waals surface area contributed by atoms with Crippen molar-refractivity contribution in [1.29, 1.82) is 0 Å². The van der Waals surface area contributed by atoms with E-state index in [0.717, 1.165) is 12.0 Å². The van der Waals surface area contributed by atoms with Crippen molar-refractivity contribution in [3.63, 3.8) is 0 Å². The summed E-state index contributed by atoms with van der Waals surface area (Å²) in [6.07, 6.45) is 4.82. The summed E-state index contributed by atoms with van der Waals surface area (Å²) in [7, 11) is 0. The summed E-state index contributed by atoms with van der Waals surface area (Å²) in [6, 6.07) is 1.76. The lowest BCUT2D eigenvalue weighted by Crippen LogP contribution is -2.59. The minimum atomic E-state index is -1.11. The normalized spacial score (nSPS) is 16.4. The van der Waals surface area contributed by atoms with E-state index in [-0.39, 0.29) is 5.69 Å². The molecule has 0 bridgehead atoms. The quantitative estimate of drug-likeness (QED) is 0.900. The standard InChI is InChI=1S/C13H12N2O4S/c16-10(15-13(12(17)18)3-1-4-13)9-7-20-11(14-9)8-2-5-19-6-8/h2,5-7H,1,3-4H2,(H,15,16)(H,17,18). The van der Waals surface area contributed by atoms with Gasteiger partial charge in [0, 0.05) is 10.9 Å². The molecule has 0 aromatic carbocycles. The van der Waals surface area contributed by atoms with Crippen LogP contribution < -0.4 is 5.32 Å². The molecule has 7 heteroatoms. The van der Waals surface area contributed by atoms with Crippen LogP contribution in [0.2, 0.25) is 0 Å². The summed E-state index contributed by atoms with van der Waals surface area (Å²) in [5.74, 6) is -1.43. The monoisotopic (exact) mass is 292 g/mol. The summed E-state index contributed by atoms with van der Waals surface area (Å²) in [6.45, 7) is 0. The van der Waals surface area contributed by atoms with Gasteiger partial charge in [0.05, 0.1) is 6.26 Å². The Morgan fingerprint density at radius 3 is 2.80 bits per heavy atom. The Kier molecular flexibility index (Phi) is 3.06. The van der Waals surface area contributed by atoms with Crippen molar-refractivity contribution in [2.75, 3.05) is 0 Å². The predicted octanol–water partition coefficient (Wildman–Crippen LogP) is 2.14. The van der Waals surface area contributed by atoms with Gasteiger partial charge >= 0.3 is 5.97 Å². The van der Waals surface area contributed by atoms with Crippen LogP contribution in [0.15, 0.2) is 28.4 Å². The highest BCUT2D eigenvalue weighted by Gasteiger charge is 2.46. The number of nitrogens with one attached hydrogen (secondary N) is 1. The van der Waals surface area contributed by atoms with Gasteiger partial charge in [-0.05, 0) is 25.3 Å². The second kappa shape index (κ2) is 4.75. The topological polar surface area (TPSA) is 92.4 Å².